The van der Waals surface area contributed by atoms with Crippen LogP contribution in [0, 0.1) is 11.3 Å². The Kier molecular flexibility index (Phi) is 3.83. The molecule has 0 aliphatic carbocycles. The highest BCUT2D eigenvalue weighted by molar-refractivity contribution is 5.64. The largest absolute Gasteiger partial charge is 0.465 e. The highest BCUT2D eigenvalue weighted by Gasteiger charge is 2.20. The second-order valence-corrected chi connectivity index (χ2v) is 4.63. The van der Waals surface area contributed by atoms with Crippen molar-refractivity contribution in [1.82, 2.24) is 4.90 Å². The van der Waals surface area contributed by atoms with E-state index < -0.39 is 6.09 Å². The van der Waals surface area contributed by atoms with Crippen molar-refractivity contribution in [3.05, 3.63) is 35.4 Å². The van der Waals surface area contributed by atoms with Crippen LogP contribution >= 0.6 is 0 Å². The van der Waals surface area contributed by atoms with E-state index >= 15 is 0 Å². The monoisotopic (exact) mass is 244 g/mol. The van der Waals surface area contributed by atoms with Crippen LogP contribution in [0.1, 0.15) is 36.3 Å². The van der Waals surface area contributed by atoms with Gasteiger partial charge in [0, 0.05) is 13.1 Å². The summed E-state index contributed by atoms with van der Waals surface area (Å²) in [6, 6.07) is 9.73. The molecule has 94 valence electrons. The molecule has 4 heteroatoms. The average Bonchev–Trinajstić information content (AvgIpc) is 2.64. The number of hydrogen-bond donors (Lipinski definition) is 1. The van der Waals surface area contributed by atoms with Gasteiger partial charge in [-0.05, 0) is 42.9 Å². The molecule has 1 aliphatic heterocycles. The van der Waals surface area contributed by atoms with E-state index in [9.17, 15) is 4.79 Å². The molecule has 0 radical (unpaired) electrons. The first-order valence-electron chi connectivity index (χ1n) is 6.18. The molecule has 1 aliphatic rings. The summed E-state index contributed by atoms with van der Waals surface area (Å²) in [5.41, 5.74) is 1.88. The van der Waals surface area contributed by atoms with Crippen molar-refractivity contribution in [2.24, 2.45) is 0 Å². The van der Waals surface area contributed by atoms with Gasteiger partial charge >= 0.3 is 6.09 Å². The van der Waals surface area contributed by atoms with E-state index in [4.69, 9.17) is 10.4 Å². The molecule has 0 bridgehead atoms. The Bertz CT molecular complexity index is 462. The molecule has 0 unspecified atom stereocenters. The molecule has 4 nitrogen and oxygen atoms in total. The second-order valence-electron chi connectivity index (χ2n) is 4.63. The summed E-state index contributed by atoms with van der Waals surface area (Å²) < 4.78 is 0. The molecule has 1 atom stereocenters. The molecule has 1 heterocycles. The number of carboxylic acid groups (broad SMARTS) is 1. The Balaban J connectivity index is 2.05. The molecule has 1 fully saturated rings. The summed E-state index contributed by atoms with van der Waals surface area (Å²) in [6.45, 7) is 1.22. The van der Waals surface area contributed by atoms with Gasteiger partial charge in [0.1, 0.15) is 0 Å². The minimum atomic E-state index is -0.824. The van der Waals surface area contributed by atoms with Crippen LogP contribution in [0.15, 0.2) is 24.3 Å². The van der Waals surface area contributed by atoms with Gasteiger partial charge in [0.05, 0.1) is 11.6 Å². The number of benzene rings is 1. The van der Waals surface area contributed by atoms with Gasteiger partial charge in [-0.25, -0.2) is 4.79 Å². The zero-order valence-corrected chi connectivity index (χ0v) is 10.2. The van der Waals surface area contributed by atoms with E-state index in [0.717, 1.165) is 19.3 Å². The van der Waals surface area contributed by atoms with Gasteiger partial charge in [-0.1, -0.05) is 12.1 Å². The number of rotatable bonds is 1. The standard InChI is InChI=1S/C14H16N2O2/c15-10-11-3-5-13(6-4-11)12-2-1-8-16(9-7-12)14(17)18/h3-6,12H,1-2,7-9H2,(H,17,18)/t12-/m0/s1. The predicted molar refractivity (Wildman–Crippen MR) is 67.3 cm³/mol. The van der Waals surface area contributed by atoms with Crippen LogP contribution in [0.3, 0.4) is 0 Å². The Morgan fingerprint density at radius 1 is 1.28 bits per heavy atom. The molecule has 0 saturated carbocycles. The fourth-order valence-electron chi connectivity index (χ4n) is 2.45. The Morgan fingerprint density at radius 3 is 2.61 bits per heavy atom. The van der Waals surface area contributed by atoms with Crippen LogP contribution in [-0.4, -0.2) is 29.2 Å². The van der Waals surface area contributed by atoms with Gasteiger partial charge in [-0.2, -0.15) is 5.26 Å². The first-order valence-corrected chi connectivity index (χ1v) is 6.18. The first-order chi connectivity index (χ1) is 8.70. The molecular weight excluding hydrogens is 228 g/mol. The summed E-state index contributed by atoms with van der Waals surface area (Å²) in [7, 11) is 0. The number of nitrogens with zero attached hydrogens (tertiary/aromatic N) is 2. The van der Waals surface area contributed by atoms with Crippen molar-refractivity contribution < 1.29 is 9.90 Å². The number of likely N-dealkylation sites (tertiary alicyclic amines) is 1. The van der Waals surface area contributed by atoms with Gasteiger partial charge in [-0.3, -0.25) is 0 Å². The molecule has 0 aromatic heterocycles. The van der Waals surface area contributed by atoms with Crippen LogP contribution in [0.25, 0.3) is 0 Å². The van der Waals surface area contributed by atoms with E-state index in [2.05, 4.69) is 6.07 Å². The molecule has 1 aromatic rings. The lowest BCUT2D eigenvalue weighted by molar-refractivity contribution is 0.147. The third-order valence-electron chi connectivity index (χ3n) is 3.51. The SMILES string of the molecule is N#Cc1ccc([C@H]2CCCN(C(=O)O)CC2)cc1. The van der Waals surface area contributed by atoms with E-state index in [1.54, 1.807) is 0 Å². The third kappa shape index (κ3) is 2.80. The van der Waals surface area contributed by atoms with Gasteiger partial charge in [-0.15, -0.1) is 0 Å². The molecular formula is C14H16N2O2. The van der Waals surface area contributed by atoms with Gasteiger partial charge in [0.15, 0.2) is 0 Å². The Morgan fingerprint density at radius 2 is 2.00 bits per heavy atom. The normalized spacial score (nSPS) is 19.9. The molecule has 18 heavy (non-hydrogen) atoms. The fraction of sp³-hybridized carbons (Fsp3) is 0.429. The average molecular weight is 244 g/mol. The van der Waals surface area contributed by atoms with Crippen LogP contribution in [0.2, 0.25) is 0 Å². The van der Waals surface area contributed by atoms with E-state index in [-0.39, 0.29) is 0 Å². The number of hydrogen-bond acceptors (Lipinski definition) is 2. The molecule has 2 rings (SSSR count). The van der Waals surface area contributed by atoms with Gasteiger partial charge < -0.3 is 10.0 Å². The summed E-state index contributed by atoms with van der Waals surface area (Å²) in [4.78, 5) is 12.4. The number of carbonyl (C=O) groups is 1. The number of nitriles is 1. The van der Waals surface area contributed by atoms with Gasteiger partial charge in [0.25, 0.3) is 0 Å². The van der Waals surface area contributed by atoms with Crippen molar-refractivity contribution >= 4 is 6.09 Å². The van der Waals surface area contributed by atoms with Crippen molar-refractivity contribution in [3.63, 3.8) is 0 Å². The van der Waals surface area contributed by atoms with E-state index in [1.165, 1.54) is 10.5 Å². The summed E-state index contributed by atoms with van der Waals surface area (Å²) in [5.74, 6) is 0.405. The molecule has 1 amide bonds. The maximum atomic E-state index is 10.9. The minimum Gasteiger partial charge on any atom is -0.465 e. The molecule has 1 aromatic carbocycles. The van der Waals surface area contributed by atoms with Crippen LogP contribution < -0.4 is 0 Å². The van der Waals surface area contributed by atoms with Crippen LogP contribution in [0.5, 0.6) is 0 Å². The van der Waals surface area contributed by atoms with Gasteiger partial charge in [0.2, 0.25) is 0 Å². The second kappa shape index (κ2) is 5.54. The maximum Gasteiger partial charge on any atom is 0.407 e. The minimum absolute atomic E-state index is 0.405. The molecule has 1 N–H and O–H groups in total. The Labute approximate surface area is 106 Å². The predicted octanol–water partition coefficient (Wildman–Crippen LogP) is 2.81. The van der Waals surface area contributed by atoms with Crippen LogP contribution in [-0.2, 0) is 0 Å². The molecule has 1 saturated heterocycles. The third-order valence-corrected chi connectivity index (χ3v) is 3.51. The zero-order valence-electron chi connectivity index (χ0n) is 10.2. The topological polar surface area (TPSA) is 64.3 Å². The first kappa shape index (κ1) is 12.4. The summed E-state index contributed by atoms with van der Waals surface area (Å²) in [6.07, 6.45) is 1.95. The summed E-state index contributed by atoms with van der Waals surface area (Å²) in [5, 5.41) is 17.7. The quantitative estimate of drug-likeness (QED) is 0.826. The summed E-state index contributed by atoms with van der Waals surface area (Å²) >= 11 is 0. The highest BCUT2D eigenvalue weighted by Crippen LogP contribution is 2.28. The van der Waals surface area contributed by atoms with E-state index in [0.29, 0.717) is 24.6 Å². The zero-order chi connectivity index (χ0) is 13.0. The highest BCUT2D eigenvalue weighted by atomic mass is 16.4. The van der Waals surface area contributed by atoms with Crippen molar-refractivity contribution in [1.29, 1.82) is 5.26 Å². The number of amides is 1. The van der Waals surface area contributed by atoms with Crippen molar-refractivity contribution in [2.45, 2.75) is 25.2 Å². The van der Waals surface area contributed by atoms with Crippen LogP contribution in [0.4, 0.5) is 4.79 Å². The van der Waals surface area contributed by atoms with Crippen molar-refractivity contribution in [3.8, 4) is 6.07 Å². The molecule has 0 spiro atoms. The van der Waals surface area contributed by atoms with E-state index in [1.807, 2.05) is 24.3 Å². The van der Waals surface area contributed by atoms with Crippen molar-refractivity contribution in [2.75, 3.05) is 13.1 Å². The fourth-order valence-corrected chi connectivity index (χ4v) is 2.45. The lowest BCUT2D eigenvalue weighted by Gasteiger charge is -2.16. The lowest BCUT2D eigenvalue weighted by Crippen LogP contribution is -2.30. The smallest absolute Gasteiger partial charge is 0.407 e. The lowest BCUT2D eigenvalue weighted by atomic mass is 9.91. The maximum absolute atomic E-state index is 10.9. The Hall–Kier alpha value is -2.02.